The summed E-state index contributed by atoms with van der Waals surface area (Å²) < 4.78 is 46.5. The smallest absolute Gasteiger partial charge is 0.383 e. The number of methoxy groups -OCH3 is 1. The molecule has 6 nitrogen and oxygen atoms in total. The fourth-order valence-electron chi connectivity index (χ4n) is 1.98. The Morgan fingerprint density at radius 2 is 1.96 bits per heavy atom. The van der Waals surface area contributed by atoms with Crippen molar-refractivity contribution in [2.24, 2.45) is 0 Å². The molecule has 0 aliphatic carbocycles. The molecule has 24 heavy (non-hydrogen) atoms. The van der Waals surface area contributed by atoms with Gasteiger partial charge in [0, 0.05) is 32.7 Å². The minimum Gasteiger partial charge on any atom is -0.383 e. The average molecular weight is 343 g/mol. The predicted molar refractivity (Wildman–Crippen MR) is 77.7 cm³/mol. The van der Waals surface area contributed by atoms with E-state index in [1.54, 1.807) is 36.3 Å². The zero-order valence-electron chi connectivity index (χ0n) is 13.1. The number of rotatable bonds is 6. The fourth-order valence-corrected chi connectivity index (χ4v) is 1.98. The Bertz CT molecular complexity index is 683. The Morgan fingerprint density at radius 1 is 1.29 bits per heavy atom. The van der Waals surface area contributed by atoms with E-state index in [9.17, 15) is 18.0 Å². The summed E-state index contributed by atoms with van der Waals surface area (Å²) in [5.41, 5.74) is 1.22. The monoisotopic (exact) mass is 343 g/mol. The quantitative estimate of drug-likeness (QED) is 0.807. The number of carbonyl (C=O) groups is 1. The molecule has 1 amide bonds. The van der Waals surface area contributed by atoms with Crippen molar-refractivity contribution in [3.63, 3.8) is 0 Å². The van der Waals surface area contributed by atoms with Crippen LogP contribution in [0.1, 0.15) is 18.4 Å². The Hall–Kier alpha value is -2.42. The first-order valence-electron chi connectivity index (χ1n) is 7.06. The summed E-state index contributed by atoms with van der Waals surface area (Å²) in [4.78, 5) is 16.5. The van der Waals surface area contributed by atoms with E-state index in [0.29, 0.717) is 25.3 Å². The van der Waals surface area contributed by atoms with Gasteiger partial charge in [-0.2, -0.15) is 18.2 Å². The van der Waals surface area contributed by atoms with E-state index in [1.165, 1.54) is 6.92 Å². The molecule has 0 saturated carbocycles. The highest BCUT2D eigenvalue weighted by Crippen LogP contribution is 2.29. The molecule has 0 spiro atoms. The van der Waals surface area contributed by atoms with E-state index in [2.05, 4.69) is 14.7 Å². The summed E-state index contributed by atoms with van der Waals surface area (Å²) in [5, 5.41) is 3.33. The highest BCUT2D eigenvalue weighted by Gasteiger charge is 2.38. The van der Waals surface area contributed by atoms with Crippen molar-refractivity contribution in [2.45, 2.75) is 19.6 Å². The number of hydrogen-bond acceptors (Lipinski definition) is 5. The molecular weight excluding hydrogens is 327 g/mol. The lowest BCUT2D eigenvalue weighted by Gasteiger charge is -2.20. The van der Waals surface area contributed by atoms with Crippen molar-refractivity contribution in [3.05, 3.63) is 35.7 Å². The third-order valence-corrected chi connectivity index (χ3v) is 3.26. The van der Waals surface area contributed by atoms with Gasteiger partial charge in [0.05, 0.1) is 6.61 Å². The van der Waals surface area contributed by atoms with Crippen molar-refractivity contribution in [1.82, 2.24) is 15.0 Å². The third kappa shape index (κ3) is 4.54. The lowest BCUT2D eigenvalue weighted by atomic mass is 10.1. The molecule has 130 valence electrons. The molecule has 0 radical (unpaired) electrons. The molecule has 9 heteroatoms. The van der Waals surface area contributed by atoms with Gasteiger partial charge in [0.2, 0.25) is 11.7 Å². The zero-order valence-corrected chi connectivity index (χ0v) is 13.1. The van der Waals surface area contributed by atoms with Gasteiger partial charge in [0.1, 0.15) is 0 Å². The van der Waals surface area contributed by atoms with Gasteiger partial charge in [-0.1, -0.05) is 29.4 Å². The van der Waals surface area contributed by atoms with Gasteiger partial charge in [-0.3, -0.25) is 4.79 Å². The Labute approximate surface area is 136 Å². The number of amides is 1. The maximum Gasteiger partial charge on any atom is 0.471 e. The normalized spacial score (nSPS) is 11.5. The molecule has 1 heterocycles. The summed E-state index contributed by atoms with van der Waals surface area (Å²) in [6.07, 6.45) is -4.67. The first kappa shape index (κ1) is 17.9. The van der Waals surface area contributed by atoms with Gasteiger partial charge in [0.15, 0.2) is 0 Å². The van der Waals surface area contributed by atoms with E-state index in [1.807, 2.05) is 0 Å². The summed E-state index contributed by atoms with van der Waals surface area (Å²) in [7, 11) is 1.55. The van der Waals surface area contributed by atoms with Crippen LogP contribution in [0.4, 0.5) is 13.2 Å². The molecule has 0 aliphatic rings. The van der Waals surface area contributed by atoms with Crippen molar-refractivity contribution < 1.29 is 27.2 Å². The third-order valence-electron chi connectivity index (χ3n) is 3.26. The van der Waals surface area contributed by atoms with Crippen LogP contribution in [0.3, 0.4) is 0 Å². The fraction of sp³-hybridized carbons (Fsp3) is 0.400. The number of aromatic nitrogens is 2. The number of benzene rings is 1. The van der Waals surface area contributed by atoms with Crippen LogP contribution < -0.4 is 0 Å². The summed E-state index contributed by atoms with van der Waals surface area (Å²) >= 11 is 0. The highest BCUT2D eigenvalue weighted by atomic mass is 19.4. The molecule has 2 aromatic rings. The highest BCUT2D eigenvalue weighted by molar-refractivity contribution is 5.73. The van der Waals surface area contributed by atoms with Crippen LogP contribution in [0, 0.1) is 0 Å². The summed E-state index contributed by atoms with van der Waals surface area (Å²) in [6.45, 7) is 2.70. The van der Waals surface area contributed by atoms with Crippen LogP contribution in [0.2, 0.25) is 0 Å². The number of halogens is 3. The van der Waals surface area contributed by atoms with E-state index in [4.69, 9.17) is 4.74 Å². The lowest BCUT2D eigenvalue weighted by Crippen LogP contribution is -2.31. The SMILES string of the molecule is COCCN(Cc1ccc(-c2noc(C(F)(F)F)n2)cc1)C(C)=O. The molecule has 0 fully saturated rings. The number of nitrogens with zero attached hydrogens (tertiary/aromatic N) is 3. The van der Waals surface area contributed by atoms with Gasteiger partial charge >= 0.3 is 12.1 Å². The first-order valence-corrected chi connectivity index (χ1v) is 7.06. The van der Waals surface area contributed by atoms with Crippen molar-refractivity contribution in [1.29, 1.82) is 0 Å². The van der Waals surface area contributed by atoms with Gasteiger partial charge in [-0.15, -0.1) is 0 Å². The maximum atomic E-state index is 12.5. The summed E-state index contributed by atoms with van der Waals surface area (Å²) in [5.74, 6) is -1.62. The Balaban J connectivity index is 2.10. The zero-order chi connectivity index (χ0) is 17.7. The largest absolute Gasteiger partial charge is 0.471 e. The van der Waals surface area contributed by atoms with Gasteiger partial charge in [0.25, 0.3) is 0 Å². The molecule has 0 atom stereocenters. The molecule has 0 aliphatic heterocycles. The number of alkyl halides is 3. The molecule has 0 bridgehead atoms. The maximum absolute atomic E-state index is 12.5. The summed E-state index contributed by atoms with van der Waals surface area (Å²) in [6, 6.07) is 6.55. The second kappa shape index (κ2) is 7.43. The topological polar surface area (TPSA) is 68.5 Å². The van der Waals surface area contributed by atoms with Crippen LogP contribution in [0.15, 0.2) is 28.8 Å². The van der Waals surface area contributed by atoms with Crippen LogP contribution in [-0.2, 0) is 22.3 Å². The molecule has 0 saturated heterocycles. The van der Waals surface area contributed by atoms with E-state index < -0.39 is 12.1 Å². The lowest BCUT2D eigenvalue weighted by molar-refractivity contribution is -0.159. The Morgan fingerprint density at radius 3 is 2.46 bits per heavy atom. The minimum atomic E-state index is -4.67. The average Bonchev–Trinajstić information content (AvgIpc) is 3.02. The van der Waals surface area contributed by atoms with Gasteiger partial charge < -0.3 is 14.2 Å². The van der Waals surface area contributed by atoms with E-state index >= 15 is 0 Å². The van der Waals surface area contributed by atoms with Crippen molar-refractivity contribution >= 4 is 5.91 Å². The van der Waals surface area contributed by atoms with Crippen LogP contribution in [-0.4, -0.2) is 41.2 Å². The molecule has 1 aromatic carbocycles. The standard InChI is InChI=1S/C15H16F3N3O3/c1-10(22)21(7-8-23-2)9-11-3-5-12(6-4-11)13-19-14(24-20-13)15(16,17)18/h3-6H,7-9H2,1-2H3. The number of ether oxygens (including phenoxy) is 1. The van der Waals surface area contributed by atoms with Crippen molar-refractivity contribution in [2.75, 3.05) is 20.3 Å². The first-order chi connectivity index (χ1) is 11.3. The second-order valence-electron chi connectivity index (χ2n) is 5.05. The van der Waals surface area contributed by atoms with Crippen molar-refractivity contribution in [3.8, 4) is 11.4 Å². The molecule has 1 aromatic heterocycles. The number of carbonyl (C=O) groups excluding carboxylic acids is 1. The molecular formula is C15H16F3N3O3. The molecule has 0 N–H and O–H groups in total. The minimum absolute atomic E-state index is 0.0934. The van der Waals surface area contributed by atoms with E-state index in [0.717, 1.165) is 5.56 Å². The molecule has 0 unspecified atom stereocenters. The number of hydrogen-bond donors (Lipinski definition) is 0. The second-order valence-corrected chi connectivity index (χ2v) is 5.05. The van der Waals surface area contributed by atoms with Gasteiger partial charge in [-0.05, 0) is 5.56 Å². The van der Waals surface area contributed by atoms with E-state index in [-0.39, 0.29) is 11.7 Å². The predicted octanol–water partition coefficient (Wildman–Crippen LogP) is 2.75. The van der Waals surface area contributed by atoms with Crippen LogP contribution >= 0.6 is 0 Å². The van der Waals surface area contributed by atoms with Crippen LogP contribution in [0.5, 0.6) is 0 Å². The molecule has 2 rings (SSSR count). The van der Waals surface area contributed by atoms with Crippen LogP contribution in [0.25, 0.3) is 11.4 Å². The Kier molecular flexibility index (Phi) is 5.55. The van der Waals surface area contributed by atoms with Gasteiger partial charge in [-0.25, -0.2) is 0 Å².